The van der Waals surface area contributed by atoms with Crippen molar-refractivity contribution in [3.8, 4) is 0 Å². The lowest BCUT2D eigenvalue weighted by Gasteiger charge is -2.33. The van der Waals surface area contributed by atoms with Gasteiger partial charge in [0.25, 0.3) is 0 Å². The van der Waals surface area contributed by atoms with E-state index in [-0.39, 0.29) is 12.5 Å². The smallest absolute Gasteiger partial charge is 0.386 e. The van der Waals surface area contributed by atoms with Crippen LogP contribution in [0.25, 0.3) is 0 Å². The normalized spacial score (nSPS) is 35.9. The van der Waals surface area contributed by atoms with Gasteiger partial charge in [0.1, 0.15) is 12.1 Å². The lowest BCUT2D eigenvalue weighted by Crippen LogP contribution is -2.55. The number of hydrogen-bond donors (Lipinski definition) is 3. The molecule has 0 aromatic carbocycles. The monoisotopic (exact) mass is 231 g/mol. The number of ether oxygens (including phenoxy) is 1. The first kappa shape index (κ1) is 13.1. The quantitative estimate of drug-likeness (QED) is 0.411. The molecule has 0 aromatic heterocycles. The minimum atomic E-state index is -0.945. The van der Waals surface area contributed by atoms with Gasteiger partial charge in [-0.05, 0) is 13.8 Å². The van der Waals surface area contributed by atoms with Crippen LogP contribution in [-0.4, -0.2) is 58.6 Å². The van der Waals surface area contributed by atoms with E-state index < -0.39 is 24.5 Å². The Labute approximate surface area is 94.5 Å². The Morgan fingerprint density at radius 3 is 2.75 bits per heavy atom. The van der Waals surface area contributed by atoms with Gasteiger partial charge in [0.05, 0.1) is 19.4 Å². The van der Waals surface area contributed by atoms with Crippen LogP contribution in [-0.2, 0) is 4.74 Å². The van der Waals surface area contributed by atoms with Crippen molar-refractivity contribution in [3.05, 3.63) is 0 Å². The molecule has 92 valence electrons. The number of carbonyl (C=O) groups is 1. The van der Waals surface area contributed by atoms with Gasteiger partial charge in [0.2, 0.25) is 0 Å². The predicted octanol–water partition coefficient (Wildman–Crippen LogP) is -0.714. The topological polar surface area (TPSA) is 81.8 Å². The van der Waals surface area contributed by atoms with Crippen molar-refractivity contribution in [1.82, 2.24) is 5.32 Å². The van der Waals surface area contributed by atoms with E-state index in [1.807, 2.05) is 0 Å². The van der Waals surface area contributed by atoms with Crippen molar-refractivity contribution in [2.24, 2.45) is 0 Å². The molecule has 1 aliphatic rings. The molecule has 0 spiro atoms. The molecule has 3 N–H and O–H groups in total. The van der Waals surface area contributed by atoms with Gasteiger partial charge in [-0.2, -0.15) is 4.79 Å². The minimum absolute atomic E-state index is 0.189. The summed E-state index contributed by atoms with van der Waals surface area (Å²) >= 11 is 0. The van der Waals surface area contributed by atoms with Crippen LogP contribution in [0, 0.1) is 0 Å². The maximum absolute atomic E-state index is 11.6. The average Bonchev–Trinajstić information content (AvgIpc) is 2.23. The summed E-state index contributed by atoms with van der Waals surface area (Å²) in [5.41, 5.74) is 0. The molecule has 1 aliphatic heterocycles. The Kier molecular flexibility index (Phi) is 4.40. The van der Waals surface area contributed by atoms with Gasteiger partial charge in [-0.3, -0.25) is 0 Å². The second-order valence-corrected chi connectivity index (χ2v) is 3.95. The fourth-order valence-electron chi connectivity index (χ4n) is 1.59. The van der Waals surface area contributed by atoms with Gasteiger partial charge in [-0.25, -0.2) is 9.89 Å². The van der Waals surface area contributed by atoms with E-state index in [4.69, 9.17) is 4.74 Å². The molecule has 2 amide bonds. The van der Waals surface area contributed by atoms with Gasteiger partial charge >= 0.3 is 6.03 Å². The predicted molar refractivity (Wildman–Crippen MR) is 57.4 cm³/mol. The molecule has 1 fully saturated rings. The van der Waals surface area contributed by atoms with E-state index in [0.717, 1.165) is 0 Å². The highest BCUT2D eigenvalue weighted by Gasteiger charge is 2.38. The van der Waals surface area contributed by atoms with Gasteiger partial charge in [-0.1, -0.05) is 0 Å². The first-order valence-electron chi connectivity index (χ1n) is 5.30. The highest BCUT2D eigenvalue weighted by Crippen LogP contribution is 2.18. The summed E-state index contributed by atoms with van der Waals surface area (Å²) in [6.45, 7) is 3.39. The molecule has 1 rings (SSSR count). The third kappa shape index (κ3) is 3.01. The summed E-state index contributed by atoms with van der Waals surface area (Å²) in [7, 11) is 1.61. The Bertz CT molecular complexity index is 293. The van der Waals surface area contributed by atoms with Gasteiger partial charge < -0.3 is 14.9 Å². The number of carbonyl (C=O) groups excluding carboxylic acids is 1. The van der Waals surface area contributed by atoms with E-state index in [2.05, 4.69) is 5.32 Å². The zero-order chi connectivity index (χ0) is 12.3. The van der Waals surface area contributed by atoms with Crippen LogP contribution in [0.3, 0.4) is 0 Å². The summed E-state index contributed by atoms with van der Waals surface area (Å²) in [4.78, 5) is 11.6. The maximum atomic E-state index is 11.6. The Balaban J connectivity index is 2.62. The van der Waals surface area contributed by atoms with Gasteiger partial charge in [-0.15, -0.1) is 0 Å². The fraction of sp³-hybridized carbons (Fsp3) is 0.800. The first-order chi connectivity index (χ1) is 7.45. The highest BCUT2D eigenvalue weighted by atomic mass is 16.6. The molecule has 0 aliphatic carbocycles. The molecule has 0 radical (unpaired) electrons. The molecule has 1 heterocycles. The molecule has 0 aromatic rings. The van der Waals surface area contributed by atoms with E-state index in [1.165, 1.54) is 4.58 Å². The number of urea groups is 1. The van der Waals surface area contributed by atoms with Crippen LogP contribution in [0.15, 0.2) is 0 Å². The Hall–Kier alpha value is -0.980. The number of amides is 2. The van der Waals surface area contributed by atoms with Crippen LogP contribution in [0.1, 0.15) is 20.3 Å². The highest BCUT2D eigenvalue weighted by molar-refractivity contribution is 5.70. The van der Waals surface area contributed by atoms with E-state index in [1.54, 1.807) is 27.1 Å². The van der Waals surface area contributed by atoms with Crippen LogP contribution >= 0.6 is 0 Å². The summed E-state index contributed by atoms with van der Waals surface area (Å²) < 4.78 is 6.40. The van der Waals surface area contributed by atoms with E-state index in [9.17, 15) is 15.0 Å². The molecular weight excluding hydrogens is 212 g/mol. The van der Waals surface area contributed by atoms with Crippen molar-refractivity contribution >= 4 is 12.2 Å². The zero-order valence-electron chi connectivity index (χ0n) is 9.75. The fourth-order valence-corrected chi connectivity index (χ4v) is 1.59. The third-order valence-electron chi connectivity index (χ3n) is 2.74. The molecule has 4 unspecified atom stereocenters. The number of nitrogens with one attached hydrogen (secondary N) is 1. The molecule has 16 heavy (non-hydrogen) atoms. The molecular formula is C10H19N2O4+. The van der Waals surface area contributed by atoms with Crippen LogP contribution in [0.4, 0.5) is 4.79 Å². The number of aliphatic hydroxyl groups is 2. The van der Waals surface area contributed by atoms with Crippen LogP contribution in [0.5, 0.6) is 0 Å². The van der Waals surface area contributed by atoms with Crippen LogP contribution < -0.4 is 5.32 Å². The Morgan fingerprint density at radius 2 is 2.19 bits per heavy atom. The first-order valence-corrected chi connectivity index (χ1v) is 5.30. The third-order valence-corrected chi connectivity index (χ3v) is 2.74. The van der Waals surface area contributed by atoms with E-state index in [0.29, 0.717) is 0 Å². The number of aliphatic hydroxyl groups excluding tert-OH is 2. The Morgan fingerprint density at radius 1 is 1.56 bits per heavy atom. The molecule has 6 heteroatoms. The van der Waals surface area contributed by atoms with Crippen LogP contribution in [0.2, 0.25) is 0 Å². The summed E-state index contributed by atoms with van der Waals surface area (Å²) in [5, 5.41) is 21.8. The number of hydrogen-bond acceptors (Lipinski definition) is 4. The second-order valence-electron chi connectivity index (χ2n) is 3.95. The van der Waals surface area contributed by atoms with Crippen molar-refractivity contribution in [1.29, 1.82) is 0 Å². The molecule has 1 saturated heterocycles. The van der Waals surface area contributed by atoms with Gasteiger partial charge in [0, 0.05) is 6.42 Å². The van der Waals surface area contributed by atoms with E-state index >= 15 is 0 Å². The summed E-state index contributed by atoms with van der Waals surface area (Å²) in [6, 6.07) is -0.804. The molecule has 0 saturated carbocycles. The summed E-state index contributed by atoms with van der Waals surface area (Å²) in [6.07, 6.45) is -0.447. The summed E-state index contributed by atoms with van der Waals surface area (Å²) in [5.74, 6) is 0. The van der Waals surface area contributed by atoms with Crippen molar-refractivity contribution in [3.63, 3.8) is 0 Å². The van der Waals surface area contributed by atoms with Gasteiger partial charge in [0.15, 0.2) is 6.29 Å². The van der Waals surface area contributed by atoms with Crippen molar-refractivity contribution in [2.75, 3.05) is 7.05 Å². The SMILES string of the molecule is CC=[N+](C)C(=O)NC1CC(O)OC(C)C1O. The lowest BCUT2D eigenvalue weighted by molar-refractivity contribution is -0.390. The maximum Gasteiger partial charge on any atom is 0.490 e. The number of nitrogens with zero attached hydrogens (tertiary/aromatic N) is 1. The van der Waals surface area contributed by atoms with Crippen molar-refractivity contribution in [2.45, 2.75) is 44.8 Å². The molecule has 0 bridgehead atoms. The second kappa shape index (κ2) is 5.38. The number of rotatable bonds is 1. The zero-order valence-corrected chi connectivity index (χ0v) is 9.75. The largest absolute Gasteiger partial charge is 0.490 e. The minimum Gasteiger partial charge on any atom is -0.386 e. The molecule has 4 atom stereocenters. The standard InChI is InChI=1S/C10H18N2O4/c1-4-12(3)10(15)11-7-5-8(13)16-6(2)9(7)14/h4,6-9,13-14H,5H2,1-3H3/p+1. The average molecular weight is 231 g/mol. The lowest BCUT2D eigenvalue weighted by atomic mass is 10.00. The molecule has 6 nitrogen and oxygen atoms in total. The van der Waals surface area contributed by atoms with Crippen molar-refractivity contribution < 1.29 is 24.3 Å².